The average molecular weight is 340 g/mol. The Balaban J connectivity index is 2.00. The maximum atomic E-state index is 12.3. The van der Waals surface area contributed by atoms with Crippen molar-refractivity contribution in [2.24, 2.45) is 0 Å². The van der Waals surface area contributed by atoms with Gasteiger partial charge in [0.05, 0.1) is 0 Å². The molecule has 0 aliphatic carbocycles. The molecule has 3 N–H and O–H groups in total. The number of nitrogens with one attached hydrogen (secondary N) is 2. The number of hydrogen-bond acceptors (Lipinski definition) is 3. The summed E-state index contributed by atoms with van der Waals surface area (Å²) < 4.78 is 0. The summed E-state index contributed by atoms with van der Waals surface area (Å²) in [5.41, 5.74) is 2.05. The molecule has 0 bridgehead atoms. The van der Waals surface area contributed by atoms with Gasteiger partial charge >= 0.3 is 5.97 Å². The van der Waals surface area contributed by atoms with Crippen LogP contribution < -0.4 is 10.6 Å². The fraction of sp³-hybridized carbons (Fsp3) is 0.211. The molecule has 1 atom stereocenters. The van der Waals surface area contributed by atoms with Gasteiger partial charge in [0.25, 0.3) is 5.91 Å². The Kier molecular flexibility index (Phi) is 6.28. The highest BCUT2D eigenvalue weighted by molar-refractivity contribution is 5.96. The second kappa shape index (κ2) is 8.63. The zero-order valence-electron chi connectivity index (χ0n) is 13.9. The number of rotatable bonds is 7. The third kappa shape index (κ3) is 5.76. The number of carboxylic acid groups (broad SMARTS) is 1. The smallest absolute Gasteiger partial charge is 0.326 e. The molecule has 0 aliphatic heterocycles. The molecular weight excluding hydrogens is 320 g/mol. The van der Waals surface area contributed by atoms with Crippen LogP contribution in [0.3, 0.4) is 0 Å². The van der Waals surface area contributed by atoms with Crippen LogP contribution in [0.1, 0.15) is 28.4 Å². The van der Waals surface area contributed by atoms with E-state index in [1.54, 1.807) is 24.3 Å². The first kappa shape index (κ1) is 18.2. The lowest BCUT2D eigenvalue weighted by Gasteiger charge is -2.15. The number of carbonyl (C=O) groups excluding carboxylic acids is 2. The van der Waals surface area contributed by atoms with Gasteiger partial charge in [-0.1, -0.05) is 42.5 Å². The van der Waals surface area contributed by atoms with E-state index < -0.39 is 17.9 Å². The number of carboxylic acids is 1. The summed E-state index contributed by atoms with van der Waals surface area (Å²) in [7, 11) is 0. The SMILES string of the molecule is CC(=O)NCc1ccc(C(=O)NC(Cc2ccccc2)C(=O)O)cc1. The maximum absolute atomic E-state index is 12.3. The molecule has 2 rings (SSSR count). The van der Waals surface area contributed by atoms with Crippen LogP contribution in [0.5, 0.6) is 0 Å². The summed E-state index contributed by atoms with van der Waals surface area (Å²) in [5.74, 6) is -1.67. The first-order valence-electron chi connectivity index (χ1n) is 7.86. The van der Waals surface area contributed by atoms with Crippen LogP contribution in [0, 0.1) is 0 Å². The maximum Gasteiger partial charge on any atom is 0.326 e. The molecule has 6 heteroatoms. The Hall–Kier alpha value is -3.15. The van der Waals surface area contributed by atoms with Gasteiger partial charge in [0.1, 0.15) is 6.04 Å². The molecule has 0 radical (unpaired) electrons. The molecule has 0 fully saturated rings. The second-order valence-corrected chi connectivity index (χ2v) is 5.66. The minimum absolute atomic E-state index is 0.132. The molecule has 2 aromatic carbocycles. The lowest BCUT2D eigenvalue weighted by atomic mass is 10.1. The average Bonchev–Trinajstić information content (AvgIpc) is 2.60. The van der Waals surface area contributed by atoms with Crippen molar-refractivity contribution in [3.05, 3.63) is 71.3 Å². The van der Waals surface area contributed by atoms with Crippen molar-refractivity contribution in [3.63, 3.8) is 0 Å². The topological polar surface area (TPSA) is 95.5 Å². The molecule has 0 heterocycles. The van der Waals surface area contributed by atoms with E-state index in [9.17, 15) is 19.5 Å². The number of benzene rings is 2. The van der Waals surface area contributed by atoms with Crippen molar-refractivity contribution >= 4 is 17.8 Å². The van der Waals surface area contributed by atoms with Crippen molar-refractivity contribution in [3.8, 4) is 0 Å². The highest BCUT2D eigenvalue weighted by Gasteiger charge is 2.21. The fourth-order valence-corrected chi connectivity index (χ4v) is 2.29. The third-order valence-electron chi connectivity index (χ3n) is 3.64. The predicted molar refractivity (Wildman–Crippen MR) is 93.0 cm³/mol. The molecule has 0 aliphatic rings. The molecule has 0 saturated heterocycles. The van der Waals surface area contributed by atoms with Gasteiger partial charge < -0.3 is 15.7 Å². The molecule has 0 spiro atoms. The second-order valence-electron chi connectivity index (χ2n) is 5.66. The lowest BCUT2D eigenvalue weighted by Crippen LogP contribution is -2.42. The Morgan fingerprint density at radius 2 is 1.60 bits per heavy atom. The van der Waals surface area contributed by atoms with Gasteiger partial charge in [-0.15, -0.1) is 0 Å². The van der Waals surface area contributed by atoms with E-state index >= 15 is 0 Å². The fourth-order valence-electron chi connectivity index (χ4n) is 2.29. The Labute approximate surface area is 145 Å². The Morgan fingerprint density at radius 3 is 2.16 bits per heavy atom. The van der Waals surface area contributed by atoms with E-state index in [1.165, 1.54) is 6.92 Å². The first-order chi connectivity index (χ1) is 12.0. The predicted octanol–water partition coefficient (Wildman–Crippen LogP) is 1.75. The van der Waals surface area contributed by atoms with Crippen LogP contribution in [0.4, 0.5) is 0 Å². The number of carbonyl (C=O) groups is 3. The van der Waals surface area contributed by atoms with Gasteiger partial charge in [-0.05, 0) is 23.3 Å². The van der Waals surface area contributed by atoms with E-state index in [1.807, 2.05) is 30.3 Å². The van der Waals surface area contributed by atoms with Gasteiger partial charge in [-0.25, -0.2) is 4.79 Å². The number of hydrogen-bond donors (Lipinski definition) is 3. The Morgan fingerprint density at radius 1 is 0.960 bits per heavy atom. The monoisotopic (exact) mass is 340 g/mol. The van der Waals surface area contributed by atoms with E-state index in [0.717, 1.165) is 11.1 Å². The van der Waals surface area contributed by atoms with E-state index in [2.05, 4.69) is 10.6 Å². The minimum Gasteiger partial charge on any atom is -0.480 e. The lowest BCUT2D eigenvalue weighted by molar-refractivity contribution is -0.139. The largest absolute Gasteiger partial charge is 0.480 e. The standard InChI is InChI=1S/C19H20N2O4/c1-13(22)20-12-15-7-9-16(10-8-15)18(23)21-17(19(24)25)11-14-5-3-2-4-6-14/h2-10,17H,11-12H2,1H3,(H,20,22)(H,21,23)(H,24,25). The van der Waals surface area contributed by atoms with Crippen LogP contribution in [0.2, 0.25) is 0 Å². The van der Waals surface area contributed by atoms with Gasteiger partial charge in [0.2, 0.25) is 5.91 Å². The van der Waals surface area contributed by atoms with Crippen LogP contribution in [0.15, 0.2) is 54.6 Å². The normalized spacial score (nSPS) is 11.4. The number of aliphatic carboxylic acids is 1. The summed E-state index contributed by atoms with van der Waals surface area (Å²) in [5, 5.41) is 14.6. The molecule has 2 aromatic rings. The molecule has 6 nitrogen and oxygen atoms in total. The highest BCUT2D eigenvalue weighted by atomic mass is 16.4. The van der Waals surface area contributed by atoms with Gasteiger partial charge in [-0.2, -0.15) is 0 Å². The summed E-state index contributed by atoms with van der Waals surface area (Å²) in [6.07, 6.45) is 0.211. The minimum atomic E-state index is -1.08. The van der Waals surface area contributed by atoms with Gasteiger partial charge in [0, 0.05) is 25.5 Å². The summed E-state index contributed by atoms with van der Waals surface area (Å²) in [4.78, 5) is 34.6. The molecule has 1 unspecified atom stereocenters. The molecule has 25 heavy (non-hydrogen) atoms. The van der Waals surface area contributed by atoms with Crippen molar-refractivity contribution in [1.82, 2.24) is 10.6 Å². The molecule has 0 saturated carbocycles. The zero-order valence-corrected chi connectivity index (χ0v) is 13.9. The van der Waals surface area contributed by atoms with Crippen molar-refractivity contribution in [2.75, 3.05) is 0 Å². The molecule has 2 amide bonds. The summed E-state index contributed by atoms with van der Waals surface area (Å²) in [6, 6.07) is 14.8. The number of amides is 2. The van der Waals surface area contributed by atoms with Crippen LogP contribution >= 0.6 is 0 Å². The van der Waals surface area contributed by atoms with E-state index in [0.29, 0.717) is 12.1 Å². The van der Waals surface area contributed by atoms with E-state index in [4.69, 9.17) is 0 Å². The summed E-state index contributed by atoms with van der Waals surface area (Å²) in [6.45, 7) is 1.81. The van der Waals surface area contributed by atoms with Gasteiger partial charge in [-0.3, -0.25) is 9.59 Å². The van der Waals surface area contributed by atoms with Crippen molar-refractivity contribution < 1.29 is 19.5 Å². The van der Waals surface area contributed by atoms with Crippen LogP contribution in [0.25, 0.3) is 0 Å². The van der Waals surface area contributed by atoms with Crippen molar-refractivity contribution in [2.45, 2.75) is 25.9 Å². The third-order valence-corrected chi connectivity index (χ3v) is 3.64. The zero-order chi connectivity index (χ0) is 18.2. The first-order valence-corrected chi connectivity index (χ1v) is 7.86. The quantitative estimate of drug-likeness (QED) is 0.715. The van der Waals surface area contributed by atoms with E-state index in [-0.39, 0.29) is 12.3 Å². The Bertz CT molecular complexity index is 742. The van der Waals surface area contributed by atoms with Gasteiger partial charge in [0.15, 0.2) is 0 Å². The summed E-state index contributed by atoms with van der Waals surface area (Å²) >= 11 is 0. The van der Waals surface area contributed by atoms with Crippen LogP contribution in [-0.2, 0) is 22.6 Å². The highest BCUT2D eigenvalue weighted by Crippen LogP contribution is 2.07. The molecule has 130 valence electrons. The molecular formula is C19H20N2O4. The molecule has 0 aromatic heterocycles. The van der Waals surface area contributed by atoms with Crippen molar-refractivity contribution in [1.29, 1.82) is 0 Å². The van der Waals surface area contributed by atoms with Crippen LogP contribution in [-0.4, -0.2) is 28.9 Å².